The normalized spacial score (nSPS) is 17.6. The fourth-order valence-electron chi connectivity index (χ4n) is 2.41. The highest BCUT2D eigenvalue weighted by atomic mass is 16.4. The first kappa shape index (κ1) is 12.6. The van der Waals surface area contributed by atoms with Crippen LogP contribution in [0.3, 0.4) is 0 Å². The zero-order valence-corrected chi connectivity index (χ0v) is 10.3. The lowest BCUT2D eigenvalue weighted by atomic mass is 9.89. The Hall–Kier alpha value is -1.85. The first-order valence-electron chi connectivity index (χ1n) is 6.07. The van der Waals surface area contributed by atoms with Gasteiger partial charge in [-0.3, -0.25) is 4.79 Å². The zero-order valence-electron chi connectivity index (χ0n) is 10.3. The Morgan fingerprint density at radius 2 is 2.17 bits per heavy atom. The summed E-state index contributed by atoms with van der Waals surface area (Å²) in [5, 5.41) is 11.7. The van der Waals surface area contributed by atoms with Crippen LogP contribution in [0.2, 0.25) is 0 Å². The van der Waals surface area contributed by atoms with Gasteiger partial charge in [0.1, 0.15) is 0 Å². The van der Waals surface area contributed by atoms with Crippen LogP contribution in [0.5, 0.6) is 0 Å². The maximum Gasteiger partial charge on any atom is 0.354 e. The van der Waals surface area contributed by atoms with E-state index in [9.17, 15) is 9.59 Å². The monoisotopic (exact) mass is 251 g/mol. The highest BCUT2D eigenvalue weighted by Gasteiger charge is 2.30. The maximum absolute atomic E-state index is 11.9. The lowest BCUT2D eigenvalue weighted by Gasteiger charge is -2.23. The van der Waals surface area contributed by atoms with Gasteiger partial charge in [-0.05, 0) is 18.3 Å². The number of aromatic nitrogens is 2. The van der Waals surface area contributed by atoms with Crippen LogP contribution >= 0.6 is 0 Å². The topological polar surface area (TPSA) is 95.1 Å². The number of carbonyl (C=O) groups excluding carboxylic acids is 1. The van der Waals surface area contributed by atoms with E-state index in [0.717, 1.165) is 12.8 Å². The van der Waals surface area contributed by atoms with Crippen LogP contribution < -0.4 is 5.32 Å². The van der Waals surface area contributed by atoms with Gasteiger partial charge in [0.05, 0.1) is 6.33 Å². The van der Waals surface area contributed by atoms with Gasteiger partial charge in [0.15, 0.2) is 11.4 Å². The molecule has 1 aliphatic rings. The van der Waals surface area contributed by atoms with Gasteiger partial charge in [-0.15, -0.1) is 0 Å². The number of nitrogens with zero attached hydrogens (tertiary/aromatic N) is 1. The fraction of sp³-hybridized carbons (Fsp3) is 0.583. The molecule has 1 heterocycles. The number of nitrogens with one attached hydrogen (secondary N) is 2. The van der Waals surface area contributed by atoms with Gasteiger partial charge < -0.3 is 15.4 Å². The molecule has 0 atom stereocenters. The van der Waals surface area contributed by atoms with Crippen molar-refractivity contribution in [3.05, 3.63) is 17.7 Å². The van der Waals surface area contributed by atoms with Crippen molar-refractivity contribution in [2.75, 3.05) is 6.54 Å². The van der Waals surface area contributed by atoms with Gasteiger partial charge in [0.2, 0.25) is 0 Å². The number of carbonyl (C=O) groups is 2. The Morgan fingerprint density at radius 3 is 2.78 bits per heavy atom. The van der Waals surface area contributed by atoms with E-state index in [1.807, 2.05) is 0 Å². The SMILES string of the molecule is CC1(CNC(=O)c2nc[nH]c2C(=O)O)CCCC1. The van der Waals surface area contributed by atoms with Crippen LogP contribution in [0.1, 0.15) is 53.6 Å². The minimum absolute atomic E-state index is 0.0518. The van der Waals surface area contributed by atoms with Crippen molar-refractivity contribution in [3.63, 3.8) is 0 Å². The van der Waals surface area contributed by atoms with Gasteiger partial charge in [-0.25, -0.2) is 9.78 Å². The molecule has 1 fully saturated rings. The zero-order chi connectivity index (χ0) is 13.2. The molecule has 3 N–H and O–H groups in total. The summed E-state index contributed by atoms with van der Waals surface area (Å²) in [6.45, 7) is 2.71. The van der Waals surface area contributed by atoms with Crippen LogP contribution in [0, 0.1) is 5.41 Å². The molecule has 1 aromatic heterocycles. The number of carboxylic acids is 1. The van der Waals surface area contributed by atoms with Crippen molar-refractivity contribution in [2.45, 2.75) is 32.6 Å². The molecule has 1 aromatic rings. The number of carboxylic acid groups (broad SMARTS) is 1. The summed E-state index contributed by atoms with van der Waals surface area (Å²) in [7, 11) is 0. The molecule has 2 rings (SSSR count). The number of aromatic carboxylic acids is 1. The Balaban J connectivity index is 1.99. The standard InChI is InChI=1S/C12H17N3O3/c1-12(4-2-3-5-12)6-13-10(16)8-9(11(17)18)15-7-14-8/h7H,2-6H2,1H3,(H,13,16)(H,14,15)(H,17,18). The second kappa shape index (κ2) is 4.80. The molecule has 1 saturated carbocycles. The molecule has 0 spiro atoms. The minimum Gasteiger partial charge on any atom is -0.477 e. The average molecular weight is 251 g/mol. The van der Waals surface area contributed by atoms with Crippen molar-refractivity contribution in [1.82, 2.24) is 15.3 Å². The molecule has 0 unspecified atom stereocenters. The third-order valence-corrected chi connectivity index (χ3v) is 3.55. The quantitative estimate of drug-likeness (QED) is 0.754. The molecule has 6 nitrogen and oxygen atoms in total. The summed E-state index contributed by atoms with van der Waals surface area (Å²) in [6, 6.07) is 0. The van der Waals surface area contributed by atoms with Crippen molar-refractivity contribution in [1.29, 1.82) is 0 Å². The highest BCUT2D eigenvalue weighted by molar-refractivity contribution is 6.02. The van der Waals surface area contributed by atoms with Crippen LogP contribution in [-0.4, -0.2) is 33.5 Å². The molecular formula is C12H17N3O3. The van der Waals surface area contributed by atoms with Crippen LogP contribution in [-0.2, 0) is 0 Å². The molecular weight excluding hydrogens is 234 g/mol. The van der Waals surface area contributed by atoms with Crippen LogP contribution in [0.4, 0.5) is 0 Å². The van der Waals surface area contributed by atoms with Crippen molar-refractivity contribution in [2.24, 2.45) is 5.41 Å². The molecule has 6 heteroatoms. The molecule has 0 radical (unpaired) electrons. The predicted octanol–water partition coefficient (Wildman–Crippen LogP) is 1.42. The number of H-pyrrole nitrogens is 1. The Labute approximate surface area is 105 Å². The molecule has 98 valence electrons. The summed E-state index contributed by atoms with van der Waals surface area (Å²) in [5.74, 6) is -1.61. The molecule has 0 aromatic carbocycles. The van der Waals surface area contributed by atoms with Crippen LogP contribution in [0.15, 0.2) is 6.33 Å². The van der Waals surface area contributed by atoms with E-state index in [4.69, 9.17) is 5.11 Å². The fourth-order valence-corrected chi connectivity index (χ4v) is 2.41. The maximum atomic E-state index is 11.9. The number of hydrogen-bond donors (Lipinski definition) is 3. The van der Waals surface area contributed by atoms with Crippen molar-refractivity contribution >= 4 is 11.9 Å². The highest BCUT2D eigenvalue weighted by Crippen LogP contribution is 2.36. The minimum atomic E-state index is -1.18. The van der Waals surface area contributed by atoms with E-state index < -0.39 is 11.9 Å². The number of rotatable bonds is 4. The average Bonchev–Trinajstić information content (AvgIpc) is 2.95. The first-order valence-corrected chi connectivity index (χ1v) is 6.07. The number of aromatic amines is 1. The lowest BCUT2D eigenvalue weighted by molar-refractivity contribution is 0.0684. The van der Waals surface area contributed by atoms with E-state index in [-0.39, 0.29) is 16.8 Å². The number of amides is 1. The predicted molar refractivity (Wildman–Crippen MR) is 64.5 cm³/mol. The molecule has 1 amide bonds. The third kappa shape index (κ3) is 2.52. The van der Waals surface area contributed by atoms with E-state index >= 15 is 0 Å². The second-order valence-electron chi connectivity index (χ2n) is 5.13. The molecule has 18 heavy (non-hydrogen) atoms. The van der Waals surface area contributed by atoms with Gasteiger partial charge >= 0.3 is 5.97 Å². The van der Waals surface area contributed by atoms with E-state index in [1.165, 1.54) is 19.2 Å². The smallest absolute Gasteiger partial charge is 0.354 e. The molecule has 1 aliphatic carbocycles. The number of hydrogen-bond acceptors (Lipinski definition) is 3. The van der Waals surface area contributed by atoms with Gasteiger partial charge in [0, 0.05) is 6.54 Å². The summed E-state index contributed by atoms with van der Waals surface area (Å²) in [6.07, 6.45) is 5.79. The summed E-state index contributed by atoms with van der Waals surface area (Å²) < 4.78 is 0. The Kier molecular flexibility index (Phi) is 3.36. The van der Waals surface area contributed by atoms with Gasteiger partial charge in [0.25, 0.3) is 5.91 Å². The van der Waals surface area contributed by atoms with Crippen molar-refractivity contribution in [3.8, 4) is 0 Å². The van der Waals surface area contributed by atoms with E-state index in [2.05, 4.69) is 22.2 Å². The summed E-state index contributed by atoms with van der Waals surface area (Å²) >= 11 is 0. The Morgan fingerprint density at radius 1 is 1.50 bits per heavy atom. The van der Waals surface area contributed by atoms with Gasteiger partial charge in [-0.2, -0.15) is 0 Å². The molecule has 0 aliphatic heterocycles. The second-order valence-corrected chi connectivity index (χ2v) is 5.13. The third-order valence-electron chi connectivity index (χ3n) is 3.55. The van der Waals surface area contributed by atoms with E-state index in [1.54, 1.807) is 0 Å². The molecule has 0 bridgehead atoms. The number of imidazole rings is 1. The van der Waals surface area contributed by atoms with E-state index in [0.29, 0.717) is 6.54 Å². The largest absolute Gasteiger partial charge is 0.477 e. The Bertz CT molecular complexity index is 461. The lowest BCUT2D eigenvalue weighted by Crippen LogP contribution is -2.35. The summed E-state index contributed by atoms with van der Waals surface area (Å²) in [4.78, 5) is 28.9. The first-order chi connectivity index (χ1) is 8.52. The van der Waals surface area contributed by atoms with Gasteiger partial charge in [-0.1, -0.05) is 19.8 Å². The van der Waals surface area contributed by atoms with Crippen LogP contribution in [0.25, 0.3) is 0 Å². The van der Waals surface area contributed by atoms with Crippen molar-refractivity contribution < 1.29 is 14.7 Å². The summed E-state index contributed by atoms with van der Waals surface area (Å²) in [5.41, 5.74) is -0.0804. The molecule has 0 saturated heterocycles.